The molecular weight excluding hydrogens is 1040 g/mol. The summed E-state index contributed by atoms with van der Waals surface area (Å²) in [5, 5.41) is 8.59. The molecule has 3 heterocycles. The number of hydrogen-bond acceptors (Lipinski definition) is 10. The zero-order chi connectivity index (χ0) is 52.1. The molecule has 2 aliphatic rings. The highest BCUT2D eigenvalue weighted by Gasteiger charge is 2.68. The topological polar surface area (TPSA) is 216 Å². The average Bonchev–Trinajstić information content (AvgIpc) is 3.70. The molecule has 2 aliphatic carbocycles. The minimum atomic E-state index is -5.47. The van der Waals surface area contributed by atoms with Crippen LogP contribution in [0.15, 0.2) is 42.5 Å². The molecule has 16 nitrogen and oxygen atoms in total. The normalized spacial score (nSPS) is 17.7. The van der Waals surface area contributed by atoms with E-state index in [0.29, 0.717) is 12.3 Å². The average molecular weight is 1080 g/mol. The molecule has 3 N–H and O–H groups in total. The van der Waals surface area contributed by atoms with Crippen LogP contribution < -0.4 is 9.62 Å². The predicted molar refractivity (Wildman–Crippen MR) is 230 cm³/mol. The van der Waals surface area contributed by atoms with Gasteiger partial charge in [-0.05, 0) is 75.3 Å². The van der Waals surface area contributed by atoms with Gasteiger partial charge >= 0.3 is 20.2 Å². The number of amides is 1. The largest absolute Gasteiger partial charge is 0.471 e. The second-order valence-corrected chi connectivity index (χ2v) is 23.7. The molecule has 0 radical (unpaired) electrons. The zero-order valence-corrected chi connectivity index (χ0v) is 39.9. The van der Waals surface area contributed by atoms with Gasteiger partial charge in [-0.25, -0.2) is 34.5 Å². The molecule has 7 rings (SSSR count). The molecule has 2 aromatic carbocycles. The minimum Gasteiger partial charge on any atom is -0.346 e. The van der Waals surface area contributed by atoms with Crippen LogP contribution in [0.2, 0.25) is 5.02 Å². The molecule has 30 heteroatoms. The van der Waals surface area contributed by atoms with Crippen molar-refractivity contribution in [3.05, 3.63) is 93.0 Å². The Morgan fingerprint density at radius 3 is 2.19 bits per heavy atom. The Kier molecular flexibility index (Phi) is 13.6. The number of pyridine rings is 1. The molecular formula is C40H39ClF10N7O9PS2. The van der Waals surface area contributed by atoms with E-state index in [9.17, 15) is 71.1 Å². The maximum absolute atomic E-state index is 15.6. The van der Waals surface area contributed by atoms with Gasteiger partial charge in [0.15, 0.2) is 21.3 Å². The van der Waals surface area contributed by atoms with Crippen LogP contribution in [0.25, 0.3) is 22.0 Å². The summed E-state index contributed by atoms with van der Waals surface area (Å²) in [6.07, 6.45) is -10.1. The summed E-state index contributed by atoms with van der Waals surface area (Å²) in [4.78, 5) is 37.6. The van der Waals surface area contributed by atoms with Crippen LogP contribution in [0.1, 0.15) is 72.6 Å². The molecule has 70 heavy (non-hydrogen) atoms. The van der Waals surface area contributed by atoms with Gasteiger partial charge in [-0.2, -0.15) is 45.3 Å². The molecule has 0 spiro atoms. The van der Waals surface area contributed by atoms with Crippen LogP contribution >= 0.6 is 19.4 Å². The van der Waals surface area contributed by atoms with Gasteiger partial charge in [0.25, 0.3) is 5.92 Å². The molecule has 0 unspecified atom stereocenters. The number of sulfonamides is 1. The van der Waals surface area contributed by atoms with Crippen LogP contribution in [0, 0.1) is 17.6 Å². The number of fused-ring (bicyclic) bond motifs is 4. The van der Waals surface area contributed by atoms with Crippen molar-refractivity contribution < 1.29 is 84.4 Å². The van der Waals surface area contributed by atoms with E-state index in [1.807, 2.05) is 0 Å². The van der Waals surface area contributed by atoms with Gasteiger partial charge in [0.1, 0.15) is 37.1 Å². The first-order valence-electron chi connectivity index (χ1n) is 20.4. The number of hydrogen-bond donors (Lipinski definition) is 3. The van der Waals surface area contributed by atoms with E-state index in [1.165, 1.54) is 26.0 Å². The lowest BCUT2D eigenvalue weighted by molar-refractivity contribution is -0.143. The third-order valence-corrected chi connectivity index (χ3v) is 16.0. The Balaban J connectivity index is 1.46. The lowest BCUT2D eigenvalue weighted by Crippen LogP contribution is -2.35. The number of aromatic nitrogens is 5. The van der Waals surface area contributed by atoms with Crippen molar-refractivity contribution in [1.29, 1.82) is 0 Å². The number of aryl methyl sites for hydroxylation is 1. The van der Waals surface area contributed by atoms with E-state index in [2.05, 4.69) is 25.0 Å². The SMILES string of the molecule is CC(C)(CCc1ccc(-c2ccc(Cl)c3c(N(COP(=O)(O)O)S(C)(=O)=O)nn(CC(F)(F)F)c23)c([C@H](Cc2cc(F)cc(F)c2)NC(=O)Cn2nc(C(F)(F)F)c3c2C(F)(F)[C@@H]2C[C@H]32)n1)S(C)(=O)=O. The maximum Gasteiger partial charge on any atom is 0.471 e. The fourth-order valence-electron chi connectivity index (χ4n) is 8.29. The van der Waals surface area contributed by atoms with Gasteiger partial charge in [0, 0.05) is 40.6 Å². The summed E-state index contributed by atoms with van der Waals surface area (Å²) in [5.74, 6) is -11.1. The first kappa shape index (κ1) is 53.0. The highest BCUT2D eigenvalue weighted by Crippen LogP contribution is 2.68. The molecule has 3 atom stereocenters. The van der Waals surface area contributed by atoms with Crippen LogP contribution in [-0.4, -0.2) is 87.2 Å². The maximum atomic E-state index is 15.6. The van der Waals surface area contributed by atoms with Crippen molar-refractivity contribution >= 4 is 61.9 Å². The molecule has 382 valence electrons. The number of carbonyl (C=O) groups is 1. The lowest BCUT2D eigenvalue weighted by atomic mass is 9.93. The summed E-state index contributed by atoms with van der Waals surface area (Å²) in [7, 11) is -14.0. The number of alkyl halides is 8. The van der Waals surface area contributed by atoms with Crippen LogP contribution in [0.3, 0.4) is 0 Å². The van der Waals surface area contributed by atoms with E-state index in [-0.39, 0.29) is 55.3 Å². The van der Waals surface area contributed by atoms with E-state index in [0.717, 1.165) is 30.5 Å². The Hall–Kier alpha value is -4.86. The number of nitrogens with one attached hydrogen (secondary N) is 1. The first-order valence-corrected chi connectivity index (χ1v) is 26.1. The second kappa shape index (κ2) is 18.0. The van der Waals surface area contributed by atoms with Crippen molar-refractivity contribution in [2.45, 2.75) is 87.6 Å². The summed E-state index contributed by atoms with van der Waals surface area (Å²) in [6.45, 7) is -2.00. The molecule has 5 aromatic rings. The molecule has 0 bridgehead atoms. The number of nitrogens with zero attached hydrogens (tertiary/aromatic N) is 6. The lowest BCUT2D eigenvalue weighted by Gasteiger charge is -2.25. The monoisotopic (exact) mass is 1080 g/mol. The smallest absolute Gasteiger partial charge is 0.346 e. The summed E-state index contributed by atoms with van der Waals surface area (Å²) in [5.41, 5.74) is -5.40. The number of rotatable bonds is 17. The number of carbonyl (C=O) groups excluding carboxylic acids is 1. The zero-order valence-electron chi connectivity index (χ0n) is 36.6. The van der Waals surface area contributed by atoms with Gasteiger partial charge in [-0.1, -0.05) is 23.7 Å². The van der Waals surface area contributed by atoms with Gasteiger partial charge in [-0.3, -0.25) is 23.7 Å². The van der Waals surface area contributed by atoms with E-state index in [1.54, 1.807) is 0 Å². The van der Waals surface area contributed by atoms with Gasteiger partial charge in [0.05, 0.1) is 38.7 Å². The number of benzene rings is 2. The molecule has 1 amide bonds. The number of anilines is 1. The Morgan fingerprint density at radius 2 is 1.61 bits per heavy atom. The van der Waals surface area contributed by atoms with Crippen molar-refractivity contribution in [1.82, 2.24) is 29.9 Å². The number of sulfone groups is 1. The quantitative estimate of drug-likeness (QED) is 0.0464. The number of phosphoric ester groups is 1. The molecule has 3 aromatic heterocycles. The third kappa shape index (κ3) is 11.0. The Morgan fingerprint density at radius 1 is 0.986 bits per heavy atom. The van der Waals surface area contributed by atoms with Gasteiger partial charge < -0.3 is 15.1 Å². The fourth-order valence-corrected chi connectivity index (χ4v) is 10.0. The highest BCUT2D eigenvalue weighted by atomic mass is 35.5. The van der Waals surface area contributed by atoms with Crippen molar-refractivity contribution in [2.24, 2.45) is 5.92 Å². The Labute approximate surface area is 396 Å². The third-order valence-electron chi connectivity index (χ3n) is 11.9. The van der Waals surface area contributed by atoms with Crippen LogP contribution in [0.4, 0.5) is 49.7 Å². The van der Waals surface area contributed by atoms with Crippen LogP contribution in [0.5, 0.6) is 0 Å². The molecule has 1 fully saturated rings. The Bertz CT molecular complexity index is 3180. The van der Waals surface area contributed by atoms with Crippen molar-refractivity contribution in [3.63, 3.8) is 0 Å². The number of halogens is 11. The summed E-state index contributed by atoms with van der Waals surface area (Å²) >= 11 is 6.55. The summed E-state index contributed by atoms with van der Waals surface area (Å²) < 4.78 is 213. The standard InChI is InChI=1S/C40H39ClF10N7O9PS2/c1-37(2,69(3,63)64)10-9-22-5-6-23(24-7-8-27(41)31-33(24)57(17-38(44,45)46)55-36(31)58(70(4,65)66)18-67-68(60,61)62)32(52-22)28(13-19-11-20(42)14-21(43)12-19)53-29(59)16-56-35-30(34(54-56)40(49,50)51)25-15-26(25)39(35,47)48/h5-8,11-12,14,25-26,28H,9-10,13,15-18H2,1-4H3,(H,53,59)(H2,60,61,62)/t25-,26+,28-/m0/s1. The first-order chi connectivity index (χ1) is 32.0. The highest BCUT2D eigenvalue weighted by molar-refractivity contribution is 7.92. The molecule has 1 saturated carbocycles. The number of phosphoric acid groups is 1. The van der Waals surface area contributed by atoms with Crippen molar-refractivity contribution in [3.8, 4) is 11.1 Å². The van der Waals surface area contributed by atoms with E-state index in [4.69, 9.17) is 11.6 Å². The van der Waals surface area contributed by atoms with Gasteiger partial charge in [0.2, 0.25) is 15.9 Å². The minimum absolute atomic E-state index is 0.0336. The van der Waals surface area contributed by atoms with E-state index < -0.39 is 157 Å². The summed E-state index contributed by atoms with van der Waals surface area (Å²) in [6, 6.07) is 5.03. The fraction of sp³-hybridized carbons (Fsp3) is 0.450. The second-order valence-electron chi connectivity index (χ2n) is 17.5. The van der Waals surface area contributed by atoms with Crippen LogP contribution in [-0.2, 0) is 71.8 Å². The molecule has 0 saturated heterocycles. The van der Waals surface area contributed by atoms with E-state index >= 15 is 8.78 Å². The van der Waals surface area contributed by atoms with Gasteiger partial charge in [-0.15, -0.1) is 0 Å². The molecule has 0 aliphatic heterocycles. The predicted octanol–water partition coefficient (Wildman–Crippen LogP) is 7.71. The van der Waals surface area contributed by atoms with Crippen molar-refractivity contribution in [2.75, 3.05) is 23.5 Å².